The second kappa shape index (κ2) is 10.5. The summed E-state index contributed by atoms with van der Waals surface area (Å²) >= 11 is 14.9. The molecule has 2 aromatic carbocycles. The molecule has 2 aromatic heterocycles. The van der Waals surface area contributed by atoms with Crippen LogP contribution in [0.15, 0.2) is 71.7 Å². The number of halogens is 2. The van der Waals surface area contributed by atoms with Crippen molar-refractivity contribution in [3.8, 4) is 11.3 Å². The number of thioether (sulfide) groups is 1. The van der Waals surface area contributed by atoms with Gasteiger partial charge in [-0.05, 0) is 36.1 Å². The molecule has 1 N–H and O–H groups in total. The van der Waals surface area contributed by atoms with Crippen LogP contribution < -0.4 is 5.32 Å². The number of amides is 1. The molecule has 178 valence electrons. The van der Waals surface area contributed by atoms with Crippen LogP contribution in [-0.4, -0.2) is 31.4 Å². The van der Waals surface area contributed by atoms with Crippen LogP contribution in [0.25, 0.3) is 11.3 Å². The molecule has 1 aliphatic carbocycles. The molecular weight excluding hydrogens is 521 g/mol. The zero-order valence-electron chi connectivity index (χ0n) is 18.5. The number of nitrogens with zero attached hydrogens (tertiary/aromatic N) is 4. The summed E-state index contributed by atoms with van der Waals surface area (Å²) in [7, 11) is 0. The van der Waals surface area contributed by atoms with Gasteiger partial charge in [0.2, 0.25) is 5.91 Å². The van der Waals surface area contributed by atoms with E-state index in [-0.39, 0.29) is 11.7 Å². The third-order valence-corrected chi connectivity index (χ3v) is 7.97. The second-order valence-corrected chi connectivity index (χ2v) is 10.7. The van der Waals surface area contributed by atoms with Crippen molar-refractivity contribution in [1.82, 2.24) is 19.7 Å². The number of benzene rings is 2. The Morgan fingerprint density at radius 1 is 1.20 bits per heavy atom. The Morgan fingerprint density at radius 2 is 2.03 bits per heavy atom. The molecule has 0 bridgehead atoms. The summed E-state index contributed by atoms with van der Waals surface area (Å²) in [6.07, 6.45) is 2.88. The lowest BCUT2D eigenvalue weighted by atomic mass is 10.1. The molecule has 0 radical (unpaired) electrons. The van der Waals surface area contributed by atoms with E-state index < -0.39 is 0 Å². The van der Waals surface area contributed by atoms with Gasteiger partial charge in [-0.2, -0.15) is 0 Å². The monoisotopic (exact) mass is 541 g/mol. The predicted octanol–water partition coefficient (Wildman–Crippen LogP) is 6.90. The number of anilines is 1. The van der Waals surface area contributed by atoms with Crippen LogP contribution in [0.5, 0.6) is 0 Å². The maximum absolute atomic E-state index is 12.6. The number of carbonyl (C=O) groups is 1. The van der Waals surface area contributed by atoms with Crippen molar-refractivity contribution in [3.05, 3.63) is 88.0 Å². The first-order chi connectivity index (χ1) is 17.0. The zero-order valence-corrected chi connectivity index (χ0v) is 21.7. The van der Waals surface area contributed by atoms with E-state index in [1.54, 1.807) is 12.1 Å². The van der Waals surface area contributed by atoms with E-state index in [1.807, 2.05) is 23.6 Å². The molecule has 2 atom stereocenters. The van der Waals surface area contributed by atoms with Crippen molar-refractivity contribution in [2.24, 2.45) is 0 Å². The fraction of sp³-hybridized carbons (Fsp3) is 0.200. The van der Waals surface area contributed by atoms with Gasteiger partial charge in [-0.3, -0.25) is 4.79 Å². The quantitative estimate of drug-likeness (QED) is 0.184. The van der Waals surface area contributed by atoms with Gasteiger partial charge in [-0.1, -0.05) is 71.4 Å². The van der Waals surface area contributed by atoms with Gasteiger partial charge in [0, 0.05) is 28.4 Å². The molecular formula is C25H21Cl2N5OS2. The van der Waals surface area contributed by atoms with Crippen LogP contribution in [0.4, 0.5) is 5.13 Å². The molecule has 0 saturated heterocycles. The molecule has 0 aliphatic heterocycles. The number of allylic oxidation sites excluding steroid dienone is 1. The lowest BCUT2D eigenvalue weighted by Gasteiger charge is -2.07. The number of hydrogen-bond acceptors (Lipinski definition) is 6. The lowest BCUT2D eigenvalue weighted by Crippen LogP contribution is -2.14. The Labute approximate surface area is 221 Å². The van der Waals surface area contributed by atoms with Gasteiger partial charge in [0.05, 0.1) is 16.5 Å². The molecule has 1 amide bonds. The smallest absolute Gasteiger partial charge is 0.236 e. The Hall–Kier alpha value is -2.65. The molecule has 2 heterocycles. The molecule has 0 spiro atoms. The third kappa shape index (κ3) is 5.46. The van der Waals surface area contributed by atoms with E-state index in [1.165, 1.54) is 28.7 Å². The van der Waals surface area contributed by atoms with Crippen LogP contribution >= 0.6 is 46.3 Å². The SMILES string of the molecule is C=CCn1c(SCC(=O)Nc2nc(-c3ccc(Cl)cc3Cl)cs2)nnc1C1CC1c1ccccc1. The average molecular weight is 543 g/mol. The van der Waals surface area contributed by atoms with Gasteiger partial charge in [0.25, 0.3) is 0 Å². The molecule has 5 rings (SSSR count). The summed E-state index contributed by atoms with van der Waals surface area (Å²) in [4.78, 5) is 17.1. The summed E-state index contributed by atoms with van der Waals surface area (Å²) in [5.41, 5.74) is 2.77. The van der Waals surface area contributed by atoms with Crippen LogP contribution in [0.2, 0.25) is 10.0 Å². The highest BCUT2D eigenvalue weighted by molar-refractivity contribution is 7.99. The highest BCUT2D eigenvalue weighted by Gasteiger charge is 2.43. The summed E-state index contributed by atoms with van der Waals surface area (Å²) < 4.78 is 2.06. The highest BCUT2D eigenvalue weighted by atomic mass is 35.5. The fourth-order valence-electron chi connectivity index (χ4n) is 3.97. The Bertz CT molecular complexity index is 1370. The number of nitrogens with one attached hydrogen (secondary N) is 1. The van der Waals surface area contributed by atoms with Gasteiger partial charge >= 0.3 is 0 Å². The maximum Gasteiger partial charge on any atom is 0.236 e. The summed E-state index contributed by atoms with van der Waals surface area (Å²) in [5.74, 6) is 1.77. The average Bonchev–Trinajstić information content (AvgIpc) is 3.34. The minimum atomic E-state index is -0.165. The van der Waals surface area contributed by atoms with Crippen molar-refractivity contribution < 1.29 is 4.79 Å². The minimum absolute atomic E-state index is 0.165. The first-order valence-electron chi connectivity index (χ1n) is 11.0. The Balaban J connectivity index is 1.22. The van der Waals surface area contributed by atoms with E-state index in [9.17, 15) is 4.79 Å². The van der Waals surface area contributed by atoms with Gasteiger partial charge in [-0.25, -0.2) is 4.98 Å². The molecule has 35 heavy (non-hydrogen) atoms. The molecule has 1 saturated carbocycles. The summed E-state index contributed by atoms with van der Waals surface area (Å²) in [6.45, 7) is 4.47. The predicted molar refractivity (Wildman–Crippen MR) is 144 cm³/mol. The Morgan fingerprint density at radius 3 is 2.80 bits per heavy atom. The van der Waals surface area contributed by atoms with Crippen molar-refractivity contribution in [3.63, 3.8) is 0 Å². The van der Waals surface area contributed by atoms with E-state index >= 15 is 0 Å². The van der Waals surface area contributed by atoms with Gasteiger partial charge < -0.3 is 9.88 Å². The fourth-order valence-corrected chi connectivity index (χ4v) is 5.96. The molecule has 2 unspecified atom stereocenters. The lowest BCUT2D eigenvalue weighted by molar-refractivity contribution is -0.113. The maximum atomic E-state index is 12.6. The Kier molecular flexibility index (Phi) is 7.24. The van der Waals surface area contributed by atoms with Gasteiger partial charge in [0.15, 0.2) is 10.3 Å². The topological polar surface area (TPSA) is 72.7 Å². The molecule has 1 fully saturated rings. The second-order valence-electron chi connectivity index (χ2n) is 8.10. The van der Waals surface area contributed by atoms with E-state index in [0.29, 0.717) is 44.4 Å². The third-order valence-electron chi connectivity index (χ3n) is 5.70. The van der Waals surface area contributed by atoms with Crippen LogP contribution in [0.3, 0.4) is 0 Å². The van der Waals surface area contributed by atoms with Crippen molar-refractivity contribution >= 4 is 57.3 Å². The standard InChI is InChI=1S/C25H21Cl2N5OS2/c1-2-10-32-23(19-12-18(19)15-6-4-3-5-7-15)30-31-25(32)35-14-22(33)29-24-28-21(13-34-24)17-9-8-16(26)11-20(17)27/h2-9,11,13,18-19H,1,10,12,14H2,(H,28,29,33). The van der Waals surface area contributed by atoms with Crippen molar-refractivity contribution in [1.29, 1.82) is 0 Å². The van der Waals surface area contributed by atoms with E-state index in [4.69, 9.17) is 23.2 Å². The van der Waals surface area contributed by atoms with Crippen LogP contribution in [-0.2, 0) is 11.3 Å². The van der Waals surface area contributed by atoms with Crippen LogP contribution in [0.1, 0.15) is 29.6 Å². The van der Waals surface area contributed by atoms with E-state index in [2.05, 4.69) is 55.9 Å². The minimum Gasteiger partial charge on any atom is -0.302 e. The van der Waals surface area contributed by atoms with Crippen molar-refractivity contribution in [2.45, 2.75) is 30.0 Å². The largest absolute Gasteiger partial charge is 0.302 e. The zero-order chi connectivity index (χ0) is 24.4. The first-order valence-corrected chi connectivity index (χ1v) is 13.6. The van der Waals surface area contributed by atoms with Crippen molar-refractivity contribution in [2.75, 3.05) is 11.1 Å². The highest BCUT2D eigenvalue weighted by Crippen LogP contribution is 2.54. The molecule has 10 heteroatoms. The molecule has 1 aliphatic rings. The normalized spacial score (nSPS) is 16.7. The number of rotatable bonds is 9. The summed E-state index contributed by atoms with van der Waals surface area (Å²) in [6, 6.07) is 15.7. The van der Waals surface area contributed by atoms with Crippen LogP contribution in [0, 0.1) is 0 Å². The van der Waals surface area contributed by atoms with E-state index in [0.717, 1.165) is 17.8 Å². The molecule has 4 aromatic rings. The first kappa shape index (κ1) is 24.1. The molecule has 6 nitrogen and oxygen atoms in total. The van der Waals surface area contributed by atoms with Gasteiger partial charge in [-0.15, -0.1) is 28.1 Å². The van der Waals surface area contributed by atoms with Gasteiger partial charge in [0.1, 0.15) is 5.82 Å². The summed E-state index contributed by atoms with van der Waals surface area (Å²) in [5, 5.41) is 15.8. The number of carbonyl (C=O) groups excluding carboxylic acids is 1. The number of thiazole rings is 1. The number of hydrogen-bond donors (Lipinski definition) is 1. The number of aromatic nitrogens is 4.